The van der Waals surface area contributed by atoms with E-state index in [0.29, 0.717) is 18.2 Å². The van der Waals surface area contributed by atoms with Crippen molar-refractivity contribution < 1.29 is 4.74 Å². The SMILES string of the molecule is CC(C)CC1CN(C(C)C2CCCO2)CCN1. The zero-order chi connectivity index (χ0) is 12.3. The van der Waals surface area contributed by atoms with Crippen LogP contribution in [0.5, 0.6) is 0 Å². The first-order chi connectivity index (χ1) is 8.16. The minimum absolute atomic E-state index is 0.479. The molecule has 0 aliphatic carbocycles. The molecule has 3 unspecified atom stereocenters. The van der Waals surface area contributed by atoms with Crippen LogP contribution in [0.25, 0.3) is 0 Å². The van der Waals surface area contributed by atoms with Crippen LogP contribution in [0.4, 0.5) is 0 Å². The monoisotopic (exact) mass is 240 g/mol. The maximum Gasteiger partial charge on any atom is 0.0728 e. The fraction of sp³-hybridized carbons (Fsp3) is 1.00. The van der Waals surface area contributed by atoms with Crippen molar-refractivity contribution in [1.29, 1.82) is 0 Å². The summed E-state index contributed by atoms with van der Waals surface area (Å²) in [5.41, 5.74) is 0. The molecule has 0 aromatic heterocycles. The van der Waals surface area contributed by atoms with Gasteiger partial charge in [-0.2, -0.15) is 0 Å². The molecule has 2 rings (SSSR count). The van der Waals surface area contributed by atoms with Crippen molar-refractivity contribution in [1.82, 2.24) is 10.2 Å². The number of nitrogens with zero attached hydrogens (tertiary/aromatic N) is 1. The Morgan fingerprint density at radius 3 is 2.82 bits per heavy atom. The third-order valence-corrected chi connectivity index (χ3v) is 4.12. The predicted octanol–water partition coefficient (Wildman–Crippen LogP) is 1.87. The van der Waals surface area contributed by atoms with Gasteiger partial charge in [-0.05, 0) is 32.1 Å². The van der Waals surface area contributed by atoms with E-state index in [2.05, 4.69) is 31.0 Å². The molecule has 2 heterocycles. The fourth-order valence-electron chi connectivity index (χ4n) is 3.17. The lowest BCUT2D eigenvalue weighted by Gasteiger charge is -2.40. The van der Waals surface area contributed by atoms with Gasteiger partial charge in [-0.15, -0.1) is 0 Å². The van der Waals surface area contributed by atoms with Crippen molar-refractivity contribution in [3.05, 3.63) is 0 Å². The van der Waals surface area contributed by atoms with Crippen molar-refractivity contribution in [2.45, 2.75) is 58.2 Å². The number of hydrogen-bond acceptors (Lipinski definition) is 3. The smallest absolute Gasteiger partial charge is 0.0728 e. The van der Waals surface area contributed by atoms with Crippen LogP contribution in [0.3, 0.4) is 0 Å². The van der Waals surface area contributed by atoms with Crippen LogP contribution < -0.4 is 5.32 Å². The van der Waals surface area contributed by atoms with Gasteiger partial charge >= 0.3 is 0 Å². The average molecular weight is 240 g/mol. The third kappa shape index (κ3) is 3.67. The molecule has 2 fully saturated rings. The zero-order valence-corrected chi connectivity index (χ0v) is 11.6. The molecule has 2 saturated heterocycles. The number of nitrogens with one attached hydrogen (secondary N) is 1. The molecular formula is C14H28N2O. The normalized spacial score (nSPS) is 33.2. The number of ether oxygens (including phenoxy) is 1. The highest BCUT2D eigenvalue weighted by Crippen LogP contribution is 2.21. The van der Waals surface area contributed by atoms with Crippen LogP contribution in [0.15, 0.2) is 0 Å². The second-order valence-corrected chi connectivity index (χ2v) is 6.07. The van der Waals surface area contributed by atoms with E-state index in [1.807, 2.05) is 0 Å². The zero-order valence-electron chi connectivity index (χ0n) is 11.6. The molecule has 2 aliphatic rings. The van der Waals surface area contributed by atoms with Crippen LogP contribution >= 0.6 is 0 Å². The minimum atomic E-state index is 0.479. The van der Waals surface area contributed by atoms with E-state index < -0.39 is 0 Å². The van der Waals surface area contributed by atoms with Gasteiger partial charge in [0.05, 0.1) is 6.10 Å². The molecule has 0 bridgehead atoms. The molecule has 3 atom stereocenters. The van der Waals surface area contributed by atoms with E-state index in [1.54, 1.807) is 0 Å². The van der Waals surface area contributed by atoms with Crippen LogP contribution in [0.2, 0.25) is 0 Å². The molecule has 0 aromatic rings. The molecule has 1 N–H and O–H groups in total. The Bertz CT molecular complexity index is 226. The maximum absolute atomic E-state index is 5.82. The Hall–Kier alpha value is -0.120. The average Bonchev–Trinajstić information content (AvgIpc) is 2.81. The van der Waals surface area contributed by atoms with Crippen LogP contribution in [-0.4, -0.2) is 49.3 Å². The number of hydrogen-bond donors (Lipinski definition) is 1. The topological polar surface area (TPSA) is 24.5 Å². The molecule has 17 heavy (non-hydrogen) atoms. The van der Waals surface area contributed by atoms with Crippen LogP contribution in [0.1, 0.15) is 40.0 Å². The summed E-state index contributed by atoms with van der Waals surface area (Å²) in [6.07, 6.45) is 4.26. The summed E-state index contributed by atoms with van der Waals surface area (Å²) in [6, 6.07) is 1.27. The summed E-state index contributed by atoms with van der Waals surface area (Å²) in [5, 5.41) is 3.64. The van der Waals surface area contributed by atoms with Gasteiger partial charge in [0.1, 0.15) is 0 Å². The van der Waals surface area contributed by atoms with Crippen molar-refractivity contribution in [2.75, 3.05) is 26.2 Å². The lowest BCUT2D eigenvalue weighted by molar-refractivity contribution is 0.0184. The lowest BCUT2D eigenvalue weighted by atomic mass is 10.00. The van der Waals surface area contributed by atoms with Crippen LogP contribution in [-0.2, 0) is 4.74 Å². The molecule has 0 spiro atoms. The van der Waals surface area contributed by atoms with Crippen molar-refractivity contribution >= 4 is 0 Å². The first kappa shape index (κ1) is 13.3. The van der Waals surface area contributed by atoms with Gasteiger partial charge in [0.25, 0.3) is 0 Å². The Balaban J connectivity index is 1.83. The van der Waals surface area contributed by atoms with Crippen molar-refractivity contribution in [3.63, 3.8) is 0 Å². The molecular weight excluding hydrogens is 212 g/mol. The van der Waals surface area contributed by atoms with Gasteiger partial charge in [0.2, 0.25) is 0 Å². The summed E-state index contributed by atoms with van der Waals surface area (Å²) >= 11 is 0. The Labute approximate surface area is 106 Å². The fourth-order valence-corrected chi connectivity index (χ4v) is 3.17. The Morgan fingerprint density at radius 1 is 1.35 bits per heavy atom. The van der Waals surface area contributed by atoms with Crippen LogP contribution in [0, 0.1) is 5.92 Å². The van der Waals surface area contributed by atoms with Crippen molar-refractivity contribution in [3.8, 4) is 0 Å². The molecule has 0 aromatic carbocycles. The molecule has 2 aliphatic heterocycles. The van der Waals surface area contributed by atoms with E-state index in [-0.39, 0.29) is 0 Å². The predicted molar refractivity (Wildman–Crippen MR) is 71.3 cm³/mol. The highest BCUT2D eigenvalue weighted by molar-refractivity contribution is 4.86. The van der Waals surface area contributed by atoms with E-state index in [4.69, 9.17) is 4.74 Å². The van der Waals surface area contributed by atoms with Gasteiger partial charge < -0.3 is 10.1 Å². The maximum atomic E-state index is 5.82. The molecule has 100 valence electrons. The Kier molecular flexibility index (Phi) is 4.83. The van der Waals surface area contributed by atoms with Gasteiger partial charge in [-0.25, -0.2) is 0 Å². The van der Waals surface area contributed by atoms with E-state index in [0.717, 1.165) is 19.1 Å². The number of rotatable bonds is 4. The highest BCUT2D eigenvalue weighted by atomic mass is 16.5. The standard InChI is InChI=1S/C14H28N2O/c1-11(2)9-13-10-16(7-6-15-13)12(3)14-5-4-8-17-14/h11-15H,4-10H2,1-3H3. The summed E-state index contributed by atoms with van der Waals surface area (Å²) in [7, 11) is 0. The highest BCUT2D eigenvalue weighted by Gasteiger charge is 2.30. The largest absolute Gasteiger partial charge is 0.377 e. The summed E-state index contributed by atoms with van der Waals surface area (Å²) < 4.78 is 5.82. The second-order valence-electron chi connectivity index (χ2n) is 6.07. The third-order valence-electron chi connectivity index (χ3n) is 4.12. The van der Waals surface area contributed by atoms with E-state index >= 15 is 0 Å². The van der Waals surface area contributed by atoms with Gasteiger partial charge in [0.15, 0.2) is 0 Å². The summed E-state index contributed by atoms with van der Waals surface area (Å²) in [4.78, 5) is 2.62. The first-order valence-electron chi connectivity index (χ1n) is 7.26. The van der Waals surface area contributed by atoms with Crippen molar-refractivity contribution in [2.24, 2.45) is 5.92 Å². The minimum Gasteiger partial charge on any atom is -0.377 e. The molecule has 0 amide bonds. The van der Waals surface area contributed by atoms with Gasteiger partial charge in [-0.3, -0.25) is 4.90 Å². The Morgan fingerprint density at radius 2 is 2.18 bits per heavy atom. The quantitative estimate of drug-likeness (QED) is 0.812. The second kappa shape index (κ2) is 6.17. The first-order valence-corrected chi connectivity index (χ1v) is 7.26. The van der Waals surface area contributed by atoms with Gasteiger partial charge in [0, 0.05) is 38.3 Å². The molecule has 3 nitrogen and oxygen atoms in total. The summed E-state index contributed by atoms with van der Waals surface area (Å²) in [6.45, 7) is 11.4. The van der Waals surface area contributed by atoms with Gasteiger partial charge in [-0.1, -0.05) is 13.8 Å². The summed E-state index contributed by atoms with van der Waals surface area (Å²) in [5.74, 6) is 0.783. The van der Waals surface area contributed by atoms with E-state index in [1.165, 1.54) is 32.4 Å². The lowest BCUT2D eigenvalue weighted by Crippen LogP contribution is -2.56. The number of piperazine rings is 1. The molecule has 3 heteroatoms. The molecule has 0 radical (unpaired) electrons. The molecule has 0 saturated carbocycles. The van der Waals surface area contributed by atoms with E-state index in [9.17, 15) is 0 Å².